The second-order valence-electron chi connectivity index (χ2n) is 3.58. The molecule has 15 heavy (non-hydrogen) atoms. The van der Waals surface area contributed by atoms with Gasteiger partial charge in [-0.3, -0.25) is 5.10 Å². The molecule has 0 aliphatic carbocycles. The molecule has 2 aromatic rings. The van der Waals surface area contributed by atoms with Gasteiger partial charge in [0, 0.05) is 28.4 Å². The van der Waals surface area contributed by atoms with Crippen molar-refractivity contribution < 1.29 is 0 Å². The third kappa shape index (κ3) is 1.41. The number of aryl methyl sites for hydroxylation is 1. The average Bonchev–Trinajstić information content (AvgIpc) is 2.51. The summed E-state index contributed by atoms with van der Waals surface area (Å²) in [6.07, 6.45) is 0. The van der Waals surface area contributed by atoms with Crippen LogP contribution in [0.15, 0.2) is 34.2 Å². The van der Waals surface area contributed by atoms with E-state index in [1.807, 2.05) is 0 Å². The summed E-state index contributed by atoms with van der Waals surface area (Å²) in [6.45, 7) is 2.91. The Bertz CT molecular complexity index is 504. The molecule has 0 saturated carbocycles. The van der Waals surface area contributed by atoms with Crippen molar-refractivity contribution in [1.29, 1.82) is 0 Å². The first kappa shape index (κ1) is 8.85. The molecule has 2 heterocycles. The van der Waals surface area contributed by atoms with Gasteiger partial charge in [-0.25, -0.2) is 0 Å². The summed E-state index contributed by atoms with van der Waals surface area (Å²) in [6, 6.07) is 8.33. The molecule has 0 saturated heterocycles. The van der Waals surface area contributed by atoms with E-state index in [-0.39, 0.29) is 0 Å². The van der Waals surface area contributed by atoms with E-state index in [2.05, 4.69) is 46.7 Å². The standard InChI is InChI=1S/C11H11N3S/c1-7-8-6-12-9-4-2-3-5-10(9)15-11(8)14-13-7/h2-5,12H,6H2,1H3,(H,13,14). The number of benzene rings is 1. The summed E-state index contributed by atoms with van der Waals surface area (Å²) in [5, 5.41) is 11.9. The second kappa shape index (κ2) is 3.31. The average molecular weight is 217 g/mol. The second-order valence-corrected chi connectivity index (χ2v) is 4.61. The molecule has 0 fully saturated rings. The highest BCUT2D eigenvalue weighted by Gasteiger charge is 2.16. The van der Waals surface area contributed by atoms with Gasteiger partial charge in [0.1, 0.15) is 5.03 Å². The van der Waals surface area contributed by atoms with Crippen molar-refractivity contribution in [2.24, 2.45) is 0 Å². The molecule has 2 N–H and O–H groups in total. The highest BCUT2D eigenvalue weighted by atomic mass is 32.2. The Kier molecular flexibility index (Phi) is 1.95. The first-order valence-corrected chi connectivity index (χ1v) is 5.71. The molecule has 0 amide bonds. The SMILES string of the molecule is Cc1[nH]nc2c1CNc1ccccc1S2. The van der Waals surface area contributed by atoms with Crippen LogP contribution in [0.5, 0.6) is 0 Å². The highest BCUT2D eigenvalue weighted by molar-refractivity contribution is 7.99. The van der Waals surface area contributed by atoms with E-state index < -0.39 is 0 Å². The van der Waals surface area contributed by atoms with Crippen LogP contribution in [-0.4, -0.2) is 10.2 Å². The lowest BCUT2D eigenvalue weighted by Crippen LogP contribution is -1.98. The quantitative estimate of drug-likeness (QED) is 0.713. The number of aromatic nitrogens is 2. The number of hydrogen-bond donors (Lipinski definition) is 2. The van der Waals surface area contributed by atoms with Crippen LogP contribution in [0.2, 0.25) is 0 Å². The van der Waals surface area contributed by atoms with Gasteiger partial charge in [-0.1, -0.05) is 23.9 Å². The zero-order valence-corrected chi connectivity index (χ0v) is 9.19. The Hall–Kier alpha value is -1.42. The van der Waals surface area contributed by atoms with Crippen molar-refractivity contribution in [2.45, 2.75) is 23.4 Å². The first-order valence-electron chi connectivity index (χ1n) is 4.89. The molecule has 3 nitrogen and oxygen atoms in total. The molecule has 3 rings (SSSR count). The molecule has 76 valence electrons. The van der Waals surface area contributed by atoms with Crippen molar-refractivity contribution in [3.63, 3.8) is 0 Å². The van der Waals surface area contributed by atoms with Gasteiger partial charge < -0.3 is 5.32 Å². The van der Waals surface area contributed by atoms with E-state index >= 15 is 0 Å². The van der Waals surface area contributed by atoms with E-state index in [0.717, 1.165) is 17.3 Å². The maximum absolute atomic E-state index is 4.31. The number of para-hydroxylation sites is 1. The Morgan fingerprint density at radius 3 is 3.13 bits per heavy atom. The Morgan fingerprint density at radius 2 is 2.20 bits per heavy atom. The van der Waals surface area contributed by atoms with Crippen molar-refractivity contribution in [2.75, 3.05) is 5.32 Å². The van der Waals surface area contributed by atoms with Crippen LogP contribution < -0.4 is 5.32 Å². The molecule has 0 radical (unpaired) electrons. The van der Waals surface area contributed by atoms with Crippen LogP contribution in [0, 0.1) is 6.92 Å². The summed E-state index contributed by atoms with van der Waals surface area (Å²) >= 11 is 1.72. The Balaban J connectivity index is 2.10. The number of nitrogens with zero attached hydrogens (tertiary/aromatic N) is 1. The maximum atomic E-state index is 4.31. The number of H-pyrrole nitrogens is 1. The van der Waals surface area contributed by atoms with Gasteiger partial charge in [0.2, 0.25) is 0 Å². The lowest BCUT2D eigenvalue weighted by atomic mass is 10.2. The summed E-state index contributed by atoms with van der Waals surface area (Å²) in [5.74, 6) is 0. The van der Waals surface area contributed by atoms with Crippen molar-refractivity contribution in [3.05, 3.63) is 35.5 Å². The molecule has 4 heteroatoms. The van der Waals surface area contributed by atoms with E-state index in [9.17, 15) is 0 Å². The van der Waals surface area contributed by atoms with Gasteiger partial charge in [-0.2, -0.15) is 5.10 Å². The first-order chi connectivity index (χ1) is 7.34. The maximum Gasteiger partial charge on any atom is 0.128 e. The monoisotopic (exact) mass is 217 g/mol. The van der Waals surface area contributed by atoms with Crippen LogP contribution >= 0.6 is 11.8 Å². The molecular weight excluding hydrogens is 206 g/mol. The van der Waals surface area contributed by atoms with Crippen LogP contribution in [0.25, 0.3) is 0 Å². The van der Waals surface area contributed by atoms with E-state index in [4.69, 9.17) is 0 Å². The minimum atomic E-state index is 0.849. The summed E-state index contributed by atoms with van der Waals surface area (Å²) in [5.41, 5.74) is 3.62. The molecule has 0 bridgehead atoms. The minimum Gasteiger partial charge on any atom is -0.380 e. The highest BCUT2D eigenvalue weighted by Crippen LogP contribution is 2.37. The summed E-state index contributed by atoms with van der Waals surface area (Å²) < 4.78 is 0. The van der Waals surface area contributed by atoms with Crippen molar-refractivity contribution in [1.82, 2.24) is 10.2 Å². The van der Waals surface area contributed by atoms with Gasteiger partial charge in [-0.05, 0) is 19.1 Å². The van der Waals surface area contributed by atoms with E-state index in [1.54, 1.807) is 11.8 Å². The van der Waals surface area contributed by atoms with Gasteiger partial charge in [0.05, 0.1) is 0 Å². The number of nitrogens with one attached hydrogen (secondary N) is 2. The predicted octanol–water partition coefficient (Wildman–Crippen LogP) is 2.79. The smallest absolute Gasteiger partial charge is 0.128 e. The van der Waals surface area contributed by atoms with Gasteiger partial charge in [0.25, 0.3) is 0 Å². The third-order valence-electron chi connectivity index (χ3n) is 2.59. The number of aromatic amines is 1. The normalized spacial score (nSPS) is 13.7. The van der Waals surface area contributed by atoms with E-state index in [0.29, 0.717) is 0 Å². The van der Waals surface area contributed by atoms with Crippen LogP contribution in [0.4, 0.5) is 5.69 Å². The van der Waals surface area contributed by atoms with Crippen molar-refractivity contribution >= 4 is 17.4 Å². The number of hydrogen-bond acceptors (Lipinski definition) is 3. The summed E-state index contributed by atoms with van der Waals surface area (Å²) in [7, 11) is 0. The lowest BCUT2D eigenvalue weighted by Gasteiger charge is -2.05. The predicted molar refractivity (Wildman–Crippen MR) is 61.2 cm³/mol. The molecule has 0 unspecified atom stereocenters. The Morgan fingerprint density at radius 1 is 1.33 bits per heavy atom. The van der Waals surface area contributed by atoms with Gasteiger partial charge >= 0.3 is 0 Å². The topological polar surface area (TPSA) is 40.7 Å². The zero-order valence-electron chi connectivity index (χ0n) is 8.37. The number of rotatable bonds is 0. The third-order valence-corrected chi connectivity index (χ3v) is 3.69. The molecule has 1 aromatic heterocycles. The number of fused-ring (bicyclic) bond motifs is 2. The molecule has 0 spiro atoms. The molecular formula is C11H11N3S. The molecule has 0 atom stereocenters. The lowest BCUT2D eigenvalue weighted by molar-refractivity contribution is 0.979. The van der Waals surface area contributed by atoms with Crippen LogP contribution in [-0.2, 0) is 6.54 Å². The van der Waals surface area contributed by atoms with Crippen LogP contribution in [0.3, 0.4) is 0 Å². The largest absolute Gasteiger partial charge is 0.380 e. The fourth-order valence-corrected chi connectivity index (χ4v) is 2.76. The van der Waals surface area contributed by atoms with Gasteiger partial charge in [0.15, 0.2) is 0 Å². The molecule has 1 aliphatic heterocycles. The summed E-state index contributed by atoms with van der Waals surface area (Å²) in [4.78, 5) is 1.24. The van der Waals surface area contributed by atoms with Crippen molar-refractivity contribution in [3.8, 4) is 0 Å². The molecule has 1 aliphatic rings. The van der Waals surface area contributed by atoms with E-state index in [1.165, 1.54) is 16.1 Å². The minimum absolute atomic E-state index is 0.849. The number of anilines is 1. The fraction of sp³-hybridized carbons (Fsp3) is 0.182. The molecule has 1 aromatic carbocycles. The Labute approximate surface area is 92.3 Å². The zero-order chi connectivity index (χ0) is 10.3. The van der Waals surface area contributed by atoms with Crippen LogP contribution in [0.1, 0.15) is 11.3 Å². The fourth-order valence-electron chi connectivity index (χ4n) is 1.71. The van der Waals surface area contributed by atoms with Gasteiger partial charge in [-0.15, -0.1) is 0 Å².